The van der Waals surface area contributed by atoms with Gasteiger partial charge in [-0.1, -0.05) is 19.1 Å². The third kappa shape index (κ3) is 4.06. The molecule has 2 aromatic rings. The minimum atomic E-state index is -3.53. The Morgan fingerprint density at radius 1 is 1.19 bits per heavy atom. The van der Waals surface area contributed by atoms with Crippen LogP contribution in [0.15, 0.2) is 35.2 Å². The first-order valence-corrected chi connectivity index (χ1v) is 9.12. The summed E-state index contributed by atoms with van der Waals surface area (Å²) in [4.78, 5) is 2.20. The highest BCUT2D eigenvalue weighted by molar-refractivity contribution is 7.93. The Bertz CT molecular complexity index is 721. The van der Waals surface area contributed by atoms with E-state index in [-0.39, 0.29) is 0 Å². The molecule has 0 aliphatic carbocycles. The van der Waals surface area contributed by atoms with E-state index in [9.17, 15) is 8.42 Å². The van der Waals surface area contributed by atoms with Crippen LogP contribution in [0.3, 0.4) is 0 Å². The maximum atomic E-state index is 12.5. The van der Waals surface area contributed by atoms with Crippen molar-refractivity contribution in [1.82, 2.24) is 5.32 Å². The number of benzene rings is 1. The van der Waals surface area contributed by atoms with Gasteiger partial charge in [-0.3, -0.25) is 4.72 Å². The van der Waals surface area contributed by atoms with Crippen LogP contribution >= 0.6 is 11.3 Å². The first kappa shape index (κ1) is 16.0. The van der Waals surface area contributed by atoms with Gasteiger partial charge in [0.15, 0.2) is 0 Å². The second-order valence-corrected chi connectivity index (χ2v) is 7.88. The Morgan fingerprint density at radius 2 is 1.95 bits per heavy atom. The Hall–Kier alpha value is -1.37. The van der Waals surface area contributed by atoms with Crippen LogP contribution in [0.4, 0.5) is 5.69 Å². The number of hydrogen-bond acceptors (Lipinski definition) is 4. The molecule has 0 fully saturated rings. The van der Waals surface area contributed by atoms with E-state index in [1.165, 1.54) is 11.3 Å². The summed E-state index contributed by atoms with van der Waals surface area (Å²) in [6.45, 7) is 7.35. The number of aryl methyl sites for hydroxylation is 2. The quantitative estimate of drug-likeness (QED) is 0.857. The fourth-order valence-corrected chi connectivity index (χ4v) is 4.70. The van der Waals surface area contributed by atoms with Crippen molar-refractivity contribution in [2.24, 2.45) is 0 Å². The molecule has 0 aliphatic rings. The summed E-state index contributed by atoms with van der Waals surface area (Å²) in [5.74, 6) is 0. The van der Waals surface area contributed by atoms with Crippen LogP contribution in [-0.2, 0) is 16.6 Å². The van der Waals surface area contributed by atoms with Crippen LogP contribution in [0, 0.1) is 13.8 Å². The van der Waals surface area contributed by atoms with Gasteiger partial charge < -0.3 is 5.32 Å². The topological polar surface area (TPSA) is 58.2 Å². The van der Waals surface area contributed by atoms with Gasteiger partial charge in [0.05, 0.1) is 0 Å². The predicted octanol–water partition coefficient (Wildman–Crippen LogP) is 3.28. The second-order valence-electron chi connectivity index (χ2n) is 4.89. The molecule has 0 amide bonds. The molecule has 2 N–H and O–H groups in total. The summed E-state index contributed by atoms with van der Waals surface area (Å²) >= 11 is 1.51. The summed E-state index contributed by atoms with van der Waals surface area (Å²) in [6.07, 6.45) is 0. The molecular weight excluding hydrogens is 304 g/mol. The molecule has 0 spiro atoms. The zero-order valence-electron chi connectivity index (χ0n) is 12.4. The average Bonchev–Trinajstić information content (AvgIpc) is 2.78. The molecule has 0 radical (unpaired) electrons. The van der Waals surface area contributed by atoms with E-state index in [0.29, 0.717) is 17.1 Å². The van der Waals surface area contributed by atoms with E-state index >= 15 is 0 Å². The Balaban J connectivity index is 2.25. The molecule has 0 atom stereocenters. The lowest BCUT2D eigenvalue weighted by atomic mass is 10.2. The zero-order chi connectivity index (χ0) is 15.5. The lowest BCUT2D eigenvalue weighted by Crippen LogP contribution is -2.13. The van der Waals surface area contributed by atoms with E-state index in [2.05, 4.69) is 10.0 Å². The van der Waals surface area contributed by atoms with E-state index in [0.717, 1.165) is 21.9 Å². The molecule has 6 heteroatoms. The first-order chi connectivity index (χ1) is 9.92. The van der Waals surface area contributed by atoms with Crippen molar-refractivity contribution in [3.05, 3.63) is 45.6 Å². The Kier molecular flexibility index (Phi) is 5.03. The van der Waals surface area contributed by atoms with Gasteiger partial charge in [-0.2, -0.15) is 0 Å². The highest BCUT2D eigenvalue weighted by Gasteiger charge is 2.20. The van der Waals surface area contributed by atoms with Crippen molar-refractivity contribution < 1.29 is 8.42 Å². The maximum Gasteiger partial charge on any atom is 0.263 e. The molecule has 0 unspecified atom stereocenters. The summed E-state index contributed by atoms with van der Waals surface area (Å²) in [6, 6.07) is 9.10. The maximum absolute atomic E-state index is 12.5. The highest BCUT2D eigenvalue weighted by Crippen LogP contribution is 2.27. The number of sulfonamides is 1. The van der Waals surface area contributed by atoms with Crippen molar-refractivity contribution in [2.45, 2.75) is 32.2 Å². The van der Waals surface area contributed by atoms with Crippen molar-refractivity contribution in [3.8, 4) is 0 Å². The predicted molar refractivity (Wildman–Crippen MR) is 88.4 cm³/mol. The third-order valence-corrected chi connectivity index (χ3v) is 5.72. The number of anilines is 1. The minimum Gasteiger partial charge on any atom is -0.312 e. The molecular formula is C15H20N2O2S2. The lowest BCUT2D eigenvalue weighted by Gasteiger charge is -2.08. The molecule has 0 saturated carbocycles. The van der Waals surface area contributed by atoms with E-state index in [4.69, 9.17) is 0 Å². The average molecular weight is 324 g/mol. The smallest absolute Gasteiger partial charge is 0.263 e. The number of nitrogens with one attached hydrogen (secondary N) is 2. The van der Waals surface area contributed by atoms with Gasteiger partial charge in [0, 0.05) is 22.0 Å². The van der Waals surface area contributed by atoms with Crippen LogP contribution < -0.4 is 10.0 Å². The van der Waals surface area contributed by atoms with Gasteiger partial charge in [-0.25, -0.2) is 8.42 Å². The van der Waals surface area contributed by atoms with Crippen molar-refractivity contribution in [1.29, 1.82) is 0 Å². The van der Waals surface area contributed by atoms with Crippen molar-refractivity contribution >= 4 is 27.0 Å². The molecule has 4 nitrogen and oxygen atoms in total. The summed E-state index contributed by atoms with van der Waals surface area (Å²) in [5.41, 5.74) is 1.61. The summed E-state index contributed by atoms with van der Waals surface area (Å²) in [5, 5.41) is 3.21. The largest absolute Gasteiger partial charge is 0.312 e. The Labute approximate surface area is 130 Å². The molecule has 0 aliphatic heterocycles. The monoisotopic (exact) mass is 324 g/mol. The zero-order valence-corrected chi connectivity index (χ0v) is 14.1. The lowest BCUT2D eigenvalue weighted by molar-refractivity contribution is 0.601. The van der Waals surface area contributed by atoms with Crippen LogP contribution in [0.1, 0.15) is 22.2 Å². The fourth-order valence-electron chi connectivity index (χ4n) is 2.05. The molecule has 1 aromatic heterocycles. The molecule has 2 rings (SSSR count). The van der Waals surface area contributed by atoms with E-state index < -0.39 is 10.0 Å². The highest BCUT2D eigenvalue weighted by atomic mass is 32.2. The number of thiophene rings is 1. The van der Waals surface area contributed by atoms with Gasteiger partial charge in [-0.05, 0) is 44.2 Å². The molecule has 0 saturated heterocycles. The van der Waals surface area contributed by atoms with Gasteiger partial charge in [0.1, 0.15) is 4.90 Å². The molecule has 0 bridgehead atoms. The van der Waals surface area contributed by atoms with Crippen LogP contribution in [0.2, 0.25) is 0 Å². The van der Waals surface area contributed by atoms with Crippen LogP contribution in [0.5, 0.6) is 0 Å². The first-order valence-electron chi connectivity index (χ1n) is 6.82. The number of rotatable bonds is 6. The fraction of sp³-hybridized carbons (Fsp3) is 0.333. The van der Waals surface area contributed by atoms with Crippen molar-refractivity contribution in [3.63, 3.8) is 0 Å². The summed E-state index contributed by atoms with van der Waals surface area (Å²) in [7, 11) is -3.53. The Morgan fingerprint density at radius 3 is 2.62 bits per heavy atom. The molecule has 1 heterocycles. The summed E-state index contributed by atoms with van der Waals surface area (Å²) < 4.78 is 27.6. The molecule has 21 heavy (non-hydrogen) atoms. The van der Waals surface area contributed by atoms with Crippen LogP contribution in [0.25, 0.3) is 0 Å². The van der Waals surface area contributed by atoms with Gasteiger partial charge in [-0.15, -0.1) is 11.3 Å². The van der Waals surface area contributed by atoms with E-state index in [1.807, 2.05) is 39.0 Å². The standard InChI is InChI=1S/C15H20N2O2S2/c1-4-16-10-14-9-15(12(3)20-14)21(18,19)17-13-7-5-6-11(2)8-13/h5-9,16-17H,4,10H2,1-3H3. The minimum absolute atomic E-state index is 0.363. The van der Waals surface area contributed by atoms with Gasteiger partial charge in [0.25, 0.3) is 10.0 Å². The van der Waals surface area contributed by atoms with Crippen molar-refractivity contribution in [2.75, 3.05) is 11.3 Å². The molecule has 114 valence electrons. The third-order valence-electron chi connectivity index (χ3n) is 3.03. The van der Waals surface area contributed by atoms with Gasteiger partial charge in [0.2, 0.25) is 0 Å². The van der Waals surface area contributed by atoms with Crippen LogP contribution in [-0.4, -0.2) is 15.0 Å². The second kappa shape index (κ2) is 6.60. The SMILES string of the molecule is CCNCc1cc(S(=O)(=O)Nc2cccc(C)c2)c(C)s1. The van der Waals surface area contributed by atoms with E-state index in [1.54, 1.807) is 12.1 Å². The number of hydrogen-bond donors (Lipinski definition) is 2. The van der Waals surface area contributed by atoms with Gasteiger partial charge >= 0.3 is 0 Å². The normalized spacial score (nSPS) is 11.6. The molecule has 1 aromatic carbocycles.